The van der Waals surface area contributed by atoms with E-state index in [1.807, 2.05) is 18.2 Å². The highest BCUT2D eigenvalue weighted by atomic mass is 15.2. The third kappa shape index (κ3) is 2.60. The van der Waals surface area contributed by atoms with Crippen LogP contribution in [0.2, 0.25) is 0 Å². The fourth-order valence-electron chi connectivity index (χ4n) is 3.86. The Morgan fingerprint density at radius 1 is 0.952 bits per heavy atom. The molecule has 2 N–H and O–H groups in total. The fourth-order valence-corrected chi connectivity index (χ4v) is 3.86. The van der Waals surface area contributed by atoms with E-state index in [0.717, 1.165) is 23.1 Å². The quantitative estimate of drug-likeness (QED) is 0.887. The van der Waals surface area contributed by atoms with Crippen molar-refractivity contribution in [3.8, 4) is 11.4 Å². The number of benzene rings is 1. The number of hydrogen-bond acceptors (Lipinski definition) is 3. The van der Waals surface area contributed by atoms with Crippen LogP contribution in [-0.2, 0) is 0 Å². The van der Waals surface area contributed by atoms with E-state index in [4.69, 9.17) is 4.98 Å². The second kappa shape index (κ2) is 5.60. The molecule has 4 nitrogen and oxygen atoms in total. The molecule has 0 bridgehead atoms. The van der Waals surface area contributed by atoms with Crippen molar-refractivity contribution < 1.29 is 0 Å². The van der Waals surface area contributed by atoms with Crippen molar-refractivity contribution in [3.05, 3.63) is 36.2 Å². The normalized spacial score (nSPS) is 29.0. The number of piperidine rings is 1. The molecule has 1 saturated carbocycles. The third-order valence-corrected chi connectivity index (χ3v) is 5.02. The van der Waals surface area contributed by atoms with Crippen LogP contribution in [0.25, 0.3) is 11.4 Å². The predicted octanol–water partition coefficient (Wildman–Crippen LogP) is 3.46. The summed E-state index contributed by atoms with van der Waals surface area (Å²) in [5.74, 6) is 2.68. The summed E-state index contributed by atoms with van der Waals surface area (Å²) in [5.41, 5.74) is 1.08. The summed E-state index contributed by atoms with van der Waals surface area (Å²) in [6, 6.07) is 11.2. The van der Waals surface area contributed by atoms with E-state index in [9.17, 15) is 0 Å². The van der Waals surface area contributed by atoms with Gasteiger partial charge in [-0.15, -0.1) is 0 Å². The zero-order chi connectivity index (χ0) is 14.1. The Labute approximate surface area is 125 Å². The van der Waals surface area contributed by atoms with Crippen LogP contribution >= 0.6 is 0 Å². The highest BCUT2D eigenvalue weighted by molar-refractivity contribution is 5.53. The van der Waals surface area contributed by atoms with Crippen molar-refractivity contribution in [2.75, 3.05) is 0 Å². The van der Waals surface area contributed by atoms with Gasteiger partial charge in [0.15, 0.2) is 5.82 Å². The van der Waals surface area contributed by atoms with Gasteiger partial charge in [-0.1, -0.05) is 43.2 Å². The average molecular weight is 282 g/mol. The van der Waals surface area contributed by atoms with Crippen LogP contribution in [0.15, 0.2) is 30.3 Å². The molecule has 4 rings (SSSR count). The number of rotatable bonds is 2. The zero-order valence-corrected chi connectivity index (χ0v) is 12.3. The number of aromatic amines is 1. The summed E-state index contributed by atoms with van der Waals surface area (Å²) >= 11 is 0. The smallest absolute Gasteiger partial charge is 0.181 e. The molecular weight excluding hydrogens is 260 g/mol. The molecule has 2 aliphatic rings. The van der Waals surface area contributed by atoms with Gasteiger partial charge in [0.05, 0.1) is 6.04 Å². The first-order valence-corrected chi connectivity index (χ1v) is 8.14. The lowest BCUT2D eigenvalue weighted by Crippen LogP contribution is -2.45. The van der Waals surface area contributed by atoms with E-state index in [2.05, 4.69) is 27.6 Å². The first-order valence-electron chi connectivity index (χ1n) is 8.14. The summed E-state index contributed by atoms with van der Waals surface area (Å²) in [6.45, 7) is 0. The largest absolute Gasteiger partial charge is 0.304 e. The van der Waals surface area contributed by atoms with Gasteiger partial charge in [0.2, 0.25) is 0 Å². The SMILES string of the molecule is c1ccc(-c2n[nH]c(C3CCC4CCCCC4N3)n2)cc1. The van der Waals surface area contributed by atoms with Gasteiger partial charge in [0.25, 0.3) is 0 Å². The summed E-state index contributed by atoms with van der Waals surface area (Å²) in [5, 5.41) is 11.3. The minimum atomic E-state index is 0.342. The number of nitrogens with zero attached hydrogens (tertiary/aromatic N) is 2. The molecule has 1 aromatic carbocycles. The van der Waals surface area contributed by atoms with Crippen molar-refractivity contribution in [2.24, 2.45) is 5.92 Å². The lowest BCUT2D eigenvalue weighted by molar-refractivity contribution is 0.173. The number of nitrogens with one attached hydrogen (secondary N) is 2. The van der Waals surface area contributed by atoms with E-state index >= 15 is 0 Å². The maximum absolute atomic E-state index is 4.71. The molecule has 3 atom stereocenters. The minimum Gasteiger partial charge on any atom is -0.304 e. The monoisotopic (exact) mass is 282 g/mol. The van der Waals surface area contributed by atoms with E-state index in [1.54, 1.807) is 0 Å². The van der Waals surface area contributed by atoms with Crippen LogP contribution in [0.1, 0.15) is 50.4 Å². The molecule has 110 valence electrons. The lowest BCUT2D eigenvalue weighted by Gasteiger charge is -2.39. The Balaban J connectivity index is 1.51. The van der Waals surface area contributed by atoms with Crippen LogP contribution in [0.4, 0.5) is 0 Å². The summed E-state index contributed by atoms with van der Waals surface area (Å²) in [7, 11) is 0. The standard InChI is InChI=1S/C17H22N4/c1-2-7-13(8-3-1)16-19-17(21-20-16)15-11-10-12-6-4-5-9-14(12)18-15/h1-3,7-8,12,14-15,18H,4-6,9-11H2,(H,19,20,21). The van der Waals surface area contributed by atoms with Crippen molar-refractivity contribution in [2.45, 2.75) is 50.6 Å². The molecule has 1 aliphatic carbocycles. The van der Waals surface area contributed by atoms with E-state index in [-0.39, 0.29) is 0 Å². The molecule has 1 aromatic heterocycles. The minimum absolute atomic E-state index is 0.342. The summed E-state index contributed by atoms with van der Waals surface area (Å²) in [4.78, 5) is 4.71. The third-order valence-electron chi connectivity index (χ3n) is 5.02. The maximum atomic E-state index is 4.71. The number of H-pyrrole nitrogens is 1. The van der Waals surface area contributed by atoms with Gasteiger partial charge in [0.1, 0.15) is 5.82 Å². The van der Waals surface area contributed by atoms with Crippen LogP contribution < -0.4 is 5.32 Å². The van der Waals surface area contributed by atoms with Gasteiger partial charge in [-0.05, 0) is 31.6 Å². The topological polar surface area (TPSA) is 53.6 Å². The molecule has 1 saturated heterocycles. The van der Waals surface area contributed by atoms with Gasteiger partial charge < -0.3 is 5.32 Å². The molecule has 3 unspecified atom stereocenters. The van der Waals surface area contributed by atoms with E-state index < -0.39 is 0 Å². The fraction of sp³-hybridized carbons (Fsp3) is 0.529. The Hall–Kier alpha value is -1.68. The number of hydrogen-bond donors (Lipinski definition) is 2. The predicted molar refractivity (Wildman–Crippen MR) is 82.7 cm³/mol. The van der Waals surface area contributed by atoms with Crippen LogP contribution in [0.5, 0.6) is 0 Å². The first kappa shape index (κ1) is 13.0. The second-order valence-corrected chi connectivity index (χ2v) is 6.36. The van der Waals surface area contributed by atoms with Gasteiger partial charge >= 0.3 is 0 Å². The second-order valence-electron chi connectivity index (χ2n) is 6.36. The zero-order valence-electron chi connectivity index (χ0n) is 12.3. The molecule has 2 heterocycles. The van der Waals surface area contributed by atoms with Gasteiger partial charge in [-0.3, -0.25) is 5.10 Å². The number of fused-ring (bicyclic) bond motifs is 1. The van der Waals surface area contributed by atoms with Crippen molar-refractivity contribution in [1.29, 1.82) is 0 Å². The maximum Gasteiger partial charge on any atom is 0.181 e. The first-order chi connectivity index (χ1) is 10.4. The molecule has 1 aliphatic heterocycles. The van der Waals surface area contributed by atoms with Gasteiger partial charge in [0, 0.05) is 11.6 Å². The average Bonchev–Trinajstić information content (AvgIpc) is 3.05. The van der Waals surface area contributed by atoms with Crippen molar-refractivity contribution in [1.82, 2.24) is 20.5 Å². The van der Waals surface area contributed by atoms with E-state index in [0.29, 0.717) is 12.1 Å². The Bertz CT molecular complexity index is 592. The molecule has 2 fully saturated rings. The molecule has 0 amide bonds. The van der Waals surface area contributed by atoms with Crippen LogP contribution in [-0.4, -0.2) is 21.2 Å². The van der Waals surface area contributed by atoms with Crippen molar-refractivity contribution >= 4 is 0 Å². The van der Waals surface area contributed by atoms with Crippen molar-refractivity contribution in [3.63, 3.8) is 0 Å². The van der Waals surface area contributed by atoms with Crippen LogP contribution in [0, 0.1) is 5.92 Å². The Kier molecular flexibility index (Phi) is 3.47. The summed E-state index contributed by atoms with van der Waals surface area (Å²) < 4.78 is 0. The number of aromatic nitrogens is 3. The molecule has 0 spiro atoms. The summed E-state index contributed by atoms with van der Waals surface area (Å²) in [6.07, 6.45) is 7.99. The van der Waals surface area contributed by atoms with Crippen LogP contribution in [0.3, 0.4) is 0 Å². The molecule has 2 aromatic rings. The highest BCUT2D eigenvalue weighted by Crippen LogP contribution is 2.36. The molecule has 4 heteroatoms. The van der Waals surface area contributed by atoms with Gasteiger partial charge in [-0.2, -0.15) is 5.10 Å². The Morgan fingerprint density at radius 3 is 2.71 bits per heavy atom. The molecule has 21 heavy (non-hydrogen) atoms. The lowest BCUT2D eigenvalue weighted by atomic mass is 9.77. The highest BCUT2D eigenvalue weighted by Gasteiger charge is 2.33. The van der Waals surface area contributed by atoms with E-state index in [1.165, 1.54) is 38.5 Å². The molecular formula is C17H22N4. The van der Waals surface area contributed by atoms with Gasteiger partial charge in [-0.25, -0.2) is 4.98 Å². The molecule has 0 radical (unpaired) electrons. The Morgan fingerprint density at radius 2 is 1.81 bits per heavy atom.